The first-order valence-corrected chi connectivity index (χ1v) is 6.22. The molecule has 5 nitrogen and oxygen atoms in total. The van der Waals surface area contributed by atoms with Crippen molar-refractivity contribution in [3.05, 3.63) is 0 Å². The summed E-state index contributed by atoms with van der Waals surface area (Å²) in [5.74, 6) is 0. The van der Waals surface area contributed by atoms with Gasteiger partial charge in [-0.2, -0.15) is 0 Å². The van der Waals surface area contributed by atoms with E-state index in [0.717, 1.165) is 13.1 Å². The lowest BCUT2D eigenvalue weighted by atomic mass is 10.1. The molecule has 0 fully saturated rings. The average Bonchev–Trinajstić information content (AvgIpc) is 2.23. The van der Waals surface area contributed by atoms with Crippen molar-refractivity contribution in [3.8, 4) is 0 Å². The number of nitrogens with one attached hydrogen (secondary N) is 1. The molecule has 0 aromatic rings. The van der Waals surface area contributed by atoms with Crippen LogP contribution in [0.5, 0.6) is 0 Å². The highest BCUT2D eigenvalue weighted by atomic mass is 16.5. The third-order valence-corrected chi connectivity index (χ3v) is 2.32. The van der Waals surface area contributed by atoms with Crippen molar-refractivity contribution >= 4 is 0 Å². The van der Waals surface area contributed by atoms with Gasteiger partial charge in [-0.1, -0.05) is 0 Å². The monoisotopic (exact) mass is 247 g/mol. The van der Waals surface area contributed by atoms with Crippen LogP contribution < -0.4 is 16.8 Å². The third kappa shape index (κ3) is 9.50. The smallest absolute Gasteiger partial charge is 0.0750 e. The Bertz CT molecular complexity index is 176. The highest BCUT2D eigenvalue weighted by molar-refractivity contribution is 4.77. The van der Waals surface area contributed by atoms with Gasteiger partial charge in [-0.3, -0.25) is 0 Å². The van der Waals surface area contributed by atoms with E-state index in [1.807, 2.05) is 27.7 Å². The van der Waals surface area contributed by atoms with Gasteiger partial charge in [-0.05, 0) is 27.7 Å². The van der Waals surface area contributed by atoms with E-state index in [-0.39, 0.29) is 11.2 Å². The second kappa shape index (κ2) is 8.00. The summed E-state index contributed by atoms with van der Waals surface area (Å²) in [6, 6.07) is 0. The van der Waals surface area contributed by atoms with Gasteiger partial charge < -0.3 is 26.3 Å². The molecular formula is C12H29N3O2. The lowest BCUT2D eigenvalue weighted by Crippen LogP contribution is -2.45. The minimum absolute atomic E-state index is 0.205. The molecule has 0 spiro atoms. The number of hydrogen-bond donors (Lipinski definition) is 3. The number of rotatable bonds is 10. The quantitative estimate of drug-likeness (QED) is 0.509. The molecule has 0 aliphatic carbocycles. The number of ether oxygens (including phenoxy) is 2. The van der Waals surface area contributed by atoms with Gasteiger partial charge in [0.2, 0.25) is 0 Å². The van der Waals surface area contributed by atoms with Crippen LogP contribution in [0.1, 0.15) is 27.7 Å². The average molecular weight is 247 g/mol. The zero-order valence-electron chi connectivity index (χ0n) is 11.7. The second-order valence-electron chi connectivity index (χ2n) is 5.40. The molecule has 0 aromatic carbocycles. The molecule has 0 heterocycles. The molecule has 0 amide bonds. The molecule has 0 aliphatic rings. The Hall–Kier alpha value is -0.200. The zero-order chi connectivity index (χ0) is 13.4. The molecule has 0 rings (SSSR count). The molecule has 0 bridgehead atoms. The summed E-state index contributed by atoms with van der Waals surface area (Å²) in [7, 11) is 0. The van der Waals surface area contributed by atoms with Crippen LogP contribution in [-0.2, 0) is 9.47 Å². The molecule has 0 aliphatic heterocycles. The van der Waals surface area contributed by atoms with Crippen LogP contribution >= 0.6 is 0 Å². The molecule has 5 N–H and O–H groups in total. The van der Waals surface area contributed by atoms with Gasteiger partial charge in [-0.15, -0.1) is 0 Å². The van der Waals surface area contributed by atoms with E-state index < -0.39 is 0 Å². The van der Waals surface area contributed by atoms with Crippen LogP contribution in [-0.4, -0.2) is 50.6 Å². The van der Waals surface area contributed by atoms with Crippen molar-refractivity contribution in [1.82, 2.24) is 5.32 Å². The normalized spacial score (nSPS) is 13.1. The first-order chi connectivity index (χ1) is 7.83. The van der Waals surface area contributed by atoms with E-state index in [4.69, 9.17) is 20.9 Å². The van der Waals surface area contributed by atoms with Crippen molar-refractivity contribution < 1.29 is 9.47 Å². The first kappa shape index (κ1) is 16.8. The van der Waals surface area contributed by atoms with Crippen molar-refractivity contribution in [3.63, 3.8) is 0 Å². The summed E-state index contributed by atoms with van der Waals surface area (Å²) < 4.78 is 11.3. The molecule has 5 heteroatoms. The van der Waals surface area contributed by atoms with Crippen LogP contribution in [0.4, 0.5) is 0 Å². The minimum Gasteiger partial charge on any atom is -0.373 e. The fourth-order valence-corrected chi connectivity index (χ4v) is 1.44. The molecular weight excluding hydrogens is 218 g/mol. The molecule has 0 atom stereocenters. The Morgan fingerprint density at radius 2 is 1.18 bits per heavy atom. The van der Waals surface area contributed by atoms with Crippen LogP contribution in [0.15, 0.2) is 0 Å². The molecule has 17 heavy (non-hydrogen) atoms. The SMILES string of the molecule is CC(C)(CNCC(C)(C)OCCN)OCCN. The maximum Gasteiger partial charge on any atom is 0.0750 e. The zero-order valence-corrected chi connectivity index (χ0v) is 11.7. The van der Waals surface area contributed by atoms with Gasteiger partial charge in [0.1, 0.15) is 0 Å². The maximum atomic E-state index is 5.63. The molecule has 104 valence electrons. The largest absolute Gasteiger partial charge is 0.373 e. The van der Waals surface area contributed by atoms with E-state index in [9.17, 15) is 0 Å². The highest BCUT2D eigenvalue weighted by Gasteiger charge is 2.21. The summed E-state index contributed by atoms with van der Waals surface area (Å²) in [4.78, 5) is 0. The van der Waals surface area contributed by atoms with Gasteiger partial charge in [-0.25, -0.2) is 0 Å². The molecule has 0 aromatic heterocycles. The maximum absolute atomic E-state index is 5.63. The number of nitrogens with two attached hydrogens (primary N) is 2. The molecule has 0 radical (unpaired) electrons. The predicted molar refractivity (Wildman–Crippen MR) is 71.0 cm³/mol. The first-order valence-electron chi connectivity index (χ1n) is 6.22. The minimum atomic E-state index is -0.205. The van der Waals surface area contributed by atoms with Crippen molar-refractivity contribution in [2.24, 2.45) is 11.5 Å². The molecule has 0 saturated heterocycles. The highest BCUT2D eigenvalue weighted by Crippen LogP contribution is 2.10. The van der Waals surface area contributed by atoms with E-state index >= 15 is 0 Å². The van der Waals surface area contributed by atoms with Crippen LogP contribution in [0.25, 0.3) is 0 Å². The summed E-state index contributed by atoms with van der Waals surface area (Å²) in [6.45, 7) is 12.0. The van der Waals surface area contributed by atoms with Crippen molar-refractivity contribution in [1.29, 1.82) is 0 Å². The Morgan fingerprint density at radius 1 is 0.824 bits per heavy atom. The molecule has 0 saturated carbocycles. The van der Waals surface area contributed by atoms with Gasteiger partial charge in [0.05, 0.1) is 24.4 Å². The van der Waals surface area contributed by atoms with E-state index in [1.54, 1.807) is 0 Å². The van der Waals surface area contributed by atoms with E-state index in [1.165, 1.54) is 0 Å². The fraction of sp³-hybridized carbons (Fsp3) is 1.00. The van der Waals surface area contributed by atoms with Crippen LogP contribution in [0.3, 0.4) is 0 Å². The third-order valence-electron chi connectivity index (χ3n) is 2.32. The Kier molecular flexibility index (Phi) is 7.91. The predicted octanol–water partition coefficient (Wildman–Crippen LogP) is 0.0838. The summed E-state index contributed by atoms with van der Waals surface area (Å²) >= 11 is 0. The lowest BCUT2D eigenvalue weighted by molar-refractivity contribution is -0.0308. The molecule has 0 unspecified atom stereocenters. The van der Waals surface area contributed by atoms with E-state index in [0.29, 0.717) is 26.3 Å². The van der Waals surface area contributed by atoms with Crippen LogP contribution in [0.2, 0.25) is 0 Å². The van der Waals surface area contributed by atoms with Gasteiger partial charge in [0.25, 0.3) is 0 Å². The van der Waals surface area contributed by atoms with Crippen molar-refractivity contribution in [2.75, 3.05) is 39.4 Å². The topological polar surface area (TPSA) is 82.5 Å². The lowest BCUT2D eigenvalue weighted by Gasteiger charge is -2.30. The Morgan fingerprint density at radius 3 is 1.47 bits per heavy atom. The van der Waals surface area contributed by atoms with E-state index in [2.05, 4.69) is 5.32 Å². The van der Waals surface area contributed by atoms with Gasteiger partial charge >= 0.3 is 0 Å². The van der Waals surface area contributed by atoms with Crippen LogP contribution in [0, 0.1) is 0 Å². The second-order valence-corrected chi connectivity index (χ2v) is 5.40. The fourth-order valence-electron chi connectivity index (χ4n) is 1.44. The van der Waals surface area contributed by atoms with Crippen molar-refractivity contribution in [2.45, 2.75) is 38.9 Å². The van der Waals surface area contributed by atoms with Gasteiger partial charge in [0, 0.05) is 26.2 Å². The Labute approximate surface area is 105 Å². The summed E-state index contributed by atoms with van der Waals surface area (Å²) in [5.41, 5.74) is 10.4. The standard InChI is InChI=1S/C12H29N3O2/c1-11(2,16-7-5-13)9-15-10-12(3,4)17-8-6-14/h15H,5-10,13-14H2,1-4H3. The number of hydrogen-bond acceptors (Lipinski definition) is 5. The summed E-state index contributed by atoms with van der Waals surface area (Å²) in [6.07, 6.45) is 0. The summed E-state index contributed by atoms with van der Waals surface area (Å²) in [5, 5.41) is 3.35. The van der Waals surface area contributed by atoms with Gasteiger partial charge in [0.15, 0.2) is 0 Å². The Balaban J connectivity index is 3.80.